The Morgan fingerprint density at radius 3 is 2.68 bits per heavy atom. The van der Waals surface area contributed by atoms with Crippen molar-refractivity contribution in [2.45, 2.75) is 38.5 Å². The highest BCUT2D eigenvalue weighted by Crippen LogP contribution is 2.22. The van der Waals surface area contributed by atoms with E-state index in [1.165, 1.54) is 30.0 Å². The molecule has 0 aliphatic carbocycles. The molecule has 10 heteroatoms. The molecule has 34 heavy (non-hydrogen) atoms. The van der Waals surface area contributed by atoms with E-state index in [1.807, 2.05) is 44.2 Å². The molecule has 0 aliphatic heterocycles. The molecule has 176 valence electrons. The predicted octanol–water partition coefficient (Wildman–Crippen LogP) is 4.69. The summed E-state index contributed by atoms with van der Waals surface area (Å²) in [6.45, 7) is 4.70. The minimum Gasteiger partial charge on any atom is -0.325 e. The number of rotatable bonds is 8. The van der Waals surface area contributed by atoms with E-state index in [0.29, 0.717) is 47.1 Å². The summed E-state index contributed by atoms with van der Waals surface area (Å²) in [6, 6.07) is 13.8. The molecule has 4 aromatic rings. The minimum atomic E-state index is -0.558. The van der Waals surface area contributed by atoms with Crippen LogP contribution in [0, 0.1) is 12.7 Å². The molecule has 2 aromatic carbocycles. The zero-order chi connectivity index (χ0) is 24.2. The number of nitrogens with one attached hydrogen (secondary N) is 1. The van der Waals surface area contributed by atoms with Crippen molar-refractivity contribution in [3.8, 4) is 0 Å². The zero-order valence-electron chi connectivity index (χ0n) is 18.7. The number of fused-ring (bicyclic) bond motifs is 1. The van der Waals surface area contributed by atoms with Gasteiger partial charge in [-0.15, -0.1) is 0 Å². The van der Waals surface area contributed by atoms with Crippen LogP contribution in [-0.2, 0) is 24.3 Å². The van der Waals surface area contributed by atoms with Gasteiger partial charge in [0.1, 0.15) is 11.3 Å². The van der Waals surface area contributed by atoms with E-state index in [0.717, 1.165) is 5.56 Å². The van der Waals surface area contributed by atoms with E-state index in [9.17, 15) is 14.0 Å². The lowest BCUT2D eigenvalue weighted by Crippen LogP contribution is -2.26. The Bertz CT molecular complexity index is 1400. The standard InChI is InChI=1S/C24H23ClFN5O2S/c1-3-31-22-21(15(2)29-31)28-24(30(23(22)33)12-11-16-7-5-4-6-8-16)34-14-20(32)27-17-9-10-19(26)18(25)13-17/h4-10,13H,3,11-12,14H2,1-2H3,(H,27,32). The number of aromatic nitrogens is 4. The maximum atomic E-state index is 13.5. The van der Waals surface area contributed by atoms with E-state index in [4.69, 9.17) is 16.6 Å². The third kappa shape index (κ3) is 5.15. The molecular formula is C24H23ClFN5O2S. The van der Waals surface area contributed by atoms with Crippen molar-refractivity contribution >= 4 is 46.0 Å². The first kappa shape index (κ1) is 24.0. The number of aryl methyl sites for hydroxylation is 3. The molecule has 0 fully saturated rings. The van der Waals surface area contributed by atoms with Crippen LogP contribution < -0.4 is 10.9 Å². The molecule has 0 saturated carbocycles. The number of carbonyl (C=O) groups excluding carboxylic acids is 1. The second kappa shape index (κ2) is 10.4. The molecule has 2 aromatic heterocycles. The Balaban J connectivity index is 1.61. The van der Waals surface area contributed by atoms with Gasteiger partial charge in [-0.2, -0.15) is 5.10 Å². The molecule has 0 spiro atoms. The molecule has 1 amide bonds. The first-order valence-electron chi connectivity index (χ1n) is 10.8. The van der Waals surface area contributed by atoms with Crippen LogP contribution in [0.5, 0.6) is 0 Å². The van der Waals surface area contributed by atoms with Crippen LogP contribution >= 0.6 is 23.4 Å². The molecule has 0 aliphatic rings. The molecule has 0 atom stereocenters. The SMILES string of the molecule is CCn1nc(C)c2nc(SCC(=O)Nc3ccc(F)c(Cl)c3)n(CCc3ccccc3)c(=O)c21. The molecule has 2 heterocycles. The number of carbonyl (C=O) groups is 1. The Morgan fingerprint density at radius 1 is 1.21 bits per heavy atom. The topological polar surface area (TPSA) is 81.8 Å². The fraction of sp³-hybridized carbons (Fsp3) is 0.250. The van der Waals surface area contributed by atoms with Crippen molar-refractivity contribution in [2.24, 2.45) is 0 Å². The summed E-state index contributed by atoms with van der Waals surface area (Å²) in [7, 11) is 0. The van der Waals surface area contributed by atoms with Crippen LogP contribution in [-0.4, -0.2) is 31.0 Å². The van der Waals surface area contributed by atoms with Gasteiger partial charge < -0.3 is 5.32 Å². The van der Waals surface area contributed by atoms with E-state index >= 15 is 0 Å². The average molecular weight is 500 g/mol. The highest BCUT2D eigenvalue weighted by Gasteiger charge is 2.19. The van der Waals surface area contributed by atoms with Gasteiger partial charge in [0.05, 0.1) is 16.5 Å². The summed E-state index contributed by atoms with van der Waals surface area (Å²) in [5.41, 5.74) is 2.96. The normalized spacial score (nSPS) is 11.2. The third-order valence-electron chi connectivity index (χ3n) is 5.28. The molecule has 7 nitrogen and oxygen atoms in total. The number of nitrogens with zero attached hydrogens (tertiary/aromatic N) is 4. The average Bonchev–Trinajstić information content (AvgIpc) is 3.16. The second-order valence-corrected chi connectivity index (χ2v) is 9.00. The van der Waals surface area contributed by atoms with Crippen molar-refractivity contribution in [2.75, 3.05) is 11.1 Å². The quantitative estimate of drug-likeness (QED) is 0.281. The highest BCUT2D eigenvalue weighted by atomic mass is 35.5. The summed E-state index contributed by atoms with van der Waals surface area (Å²) >= 11 is 6.96. The summed E-state index contributed by atoms with van der Waals surface area (Å²) in [6.07, 6.45) is 0.640. The summed E-state index contributed by atoms with van der Waals surface area (Å²) in [5.74, 6) is -0.867. The van der Waals surface area contributed by atoms with Gasteiger partial charge in [0.2, 0.25) is 5.91 Å². The molecule has 0 unspecified atom stereocenters. The van der Waals surface area contributed by atoms with Crippen molar-refractivity contribution in [1.82, 2.24) is 19.3 Å². The number of hydrogen-bond acceptors (Lipinski definition) is 5. The fourth-order valence-electron chi connectivity index (χ4n) is 3.61. The van der Waals surface area contributed by atoms with Gasteiger partial charge in [-0.05, 0) is 44.0 Å². The largest absolute Gasteiger partial charge is 0.325 e. The minimum absolute atomic E-state index is 0.0131. The van der Waals surface area contributed by atoms with E-state index in [1.54, 1.807) is 9.25 Å². The number of hydrogen-bond donors (Lipinski definition) is 1. The summed E-state index contributed by atoms with van der Waals surface area (Å²) < 4.78 is 16.6. The van der Waals surface area contributed by atoms with Gasteiger partial charge in [-0.25, -0.2) is 9.37 Å². The fourth-order valence-corrected chi connectivity index (χ4v) is 4.61. The van der Waals surface area contributed by atoms with E-state index in [2.05, 4.69) is 10.4 Å². The summed E-state index contributed by atoms with van der Waals surface area (Å²) in [4.78, 5) is 30.7. The lowest BCUT2D eigenvalue weighted by Gasteiger charge is -2.13. The summed E-state index contributed by atoms with van der Waals surface area (Å²) in [5, 5.41) is 7.51. The predicted molar refractivity (Wildman–Crippen MR) is 133 cm³/mol. The Labute approximate surface area is 205 Å². The first-order chi connectivity index (χ1) is 16.4. The van der Waals surface area contributed by atoms with Crippen molar-refractivity contribution in [1.29, 1.82) is 0 Å². The number of anilines is 1. The van der Waals surface area contributed by atoms with E-state index in [-0.39, 0.29) is 22.2 Å². The molecule has 0 saturated heterocycles. The highest BCUT2D eigenvalue weighted by molar-refractivity contribution is 7.99. The maximum Gasteiger partial charge on any atom is 0.280 e. The molecule has 1 N–H and O–H groups in total. The van der Waals surface area contributed by atoms with Crippen molar-refractivity contribution in [3.05, 3.63) is 81.0 Å². The zero-order valence-corrected chi connectivity index (χ0v) is 20.3. The Hall–Kier alpha value is -3.17. The number of amides is 1. The maximum absolute atomic E-state index is 13.5. The van der Waals surface area contributed by atoms with Crippen LogP contribution in [0.3, 0.4) is 0 Å². The van der Waals surface area contributed by atoms with Gasteiger partial charge >= 0.3 is 0 Å². The smallest absolute Gasteiger partial charge is 0.280 e. The lowest BCUT2D eigenvalue weighted by atomic mass is 10.1. The molecule has 0 radical (unpaired) electrons. The lowest BCUT2D eigenvalue weighted by molar-refractivity contribution is -0.113. The van der Waals surface area contributed by atoms with Crippen LogP contribution in [0.4, 0.5) is 10.1 Å². The van der Waals surface area contributed by atoms with Gasteiger partial charge in [-0.3, -0.25) is 18.8 Å². The van der Waals surface area contributed by atoms with Crippen molar-refractivity contribution in [3.63, 3.8) is 0 Å². The molecule has 4 rings (SSSR count). The van der Waals surface area contributed by atoms with Crippen LogP contribution in [0.15, 0.2) is 58.5 Å². The third-order valence-corrected chi connectivity index (χ3v) is 6.55. The Kier molecular flexibility index (Phi) is 7.33. The second-order valence-electron chi connectivity index (χ2n) is 7.65. The number of benzene rings is 2. The van der Waals surface area contributed by atoms with Crippen LogP contribution in [0.1, 0.15) is 18.2 Å². The van der Waals surface area contributed by atoms with Crippen molar-refractivity contribution < 1.29 is 9.18 Å². The molecular weight excluding hydrogens is 477 g/mol. The monoisotopic (exact) mass is 499 g/mol. The van der Waals surface area contributed by atoms with Gasteiger partial charge in [0.25, 0.3) is 5.56 Å². The molecule has 0 bridgehead atoms. The van der Waals surface area contributed by atoms with Crippen LogP contribution in [0.25, 0.3) is 11.0 Å². The first-order valence-corrected chi connectivity index (χ1v) is 12.1. The number of thioether (sulfide) groups is 1. The van der Waals surface area contributed by atoms with Gasteiger partial charge in [-0.1, -0.05) is 53.7 Å². The van der Waals surface area contributed by atoms with Crippen LogP contribution in [0.2, 0.25) is 5.02 Å². The van der Waals surface area contributed by atoms with Gasteiger partial charge in [0.15, 0.2) is 10.7 Å². The van der Waals surface area contributed by atoms with E-state index < -0.39 is 5.82 Å². The number of halogens is 2. The Morgan fingerprint density at radius 2 is 1.97 bits per heavy atom. The van der Waals surface area contributed by atoms with Gasteiger partial charge in [0, 0.05) is 18.8 Å².